The summed E-state index contributed by atoms with van der Waals surface area (Å²) in [6.07, 6.45) is 1.92. The SMILES string of the molecule is c1ccc2cc(-c3c4ccccc4c(-c4c5cccnc5n5c6ccccc6c6ccccc6c45)c4ccccc34)ccc2c1. The maximum atomic E-state index is 5.03. The van der Waals surface area contributed by atoms with Gasteiger partial charge in [0.05, 0.1) is 11.0 Å². The highest BCUT2D eigenvalue weighted by atomic mass is 15.0. The second kappa shape index (κ2) is 9.25. The van der Waals surface area contributed by atoms with E-state index in [1.807, 2.05) is 6.20 Å². The summed E-state index contributed by atoms with van der Waals surface area (Å²) in [5.41, 5.74) is 8.35. The first kappa shape index (κ1) is 24.5. The van der Waals surface area contributed by atoms with Crippen molar-refractivity contribution in [3.63, 3.8) is 0 Å². The van der Waals surface area contributed by atoms with Crippen molar-refractivity contribution >= 4 is 70.5 Å². The van der Waals surface area contributed by atoms with Gasteiger partial charge in [-0.05, 0) is 73.1 Å². The molecule has 0 atom stereocenters. The van der Waals surface area contributed by atoms with Crippen LogP contribution < -0.4 is 0 Å². The first-order chi connectivity index (χ1) is 22.4. The lowest BCUT2D eigenvalue weighted by molar-refractivity contribution is 1.26. The second-order valence-corrected chi connectivity index (χ2v) is 11.9. The van der Waals surface area contributed by atoms with Gasteiger partial charge in [-0.2, -0.15) is 0 Å². The molecule has 0 saturated heterocycles. The molecule has 2 nitrogen and oxygen atoms in total. The van der Waals surface area contributed by atoms with Crippen LogP contribution in [0.3, 0.4) is 0 Å². The van der Waals surface area contributed by atoms with Crippen LogP contribution in [0.4, 0.5) is 0 Å². The van der Waals surface area contributed by atoms with Crippen molar-refractivity contribution in [2.24, 2.45) is 0 Å². The second-order valence-electron chi connectivity index (χ2n) is 11.9. The number of hydrogen-bond donors (Lipinski definition) is 0. The molecule has 10 rings (SSSR count). The lowest BCUT2D eigenvalue weighted by Gasteiger charge is -2.18. The summed E-state index contributed by atoms with van der Waals surface area (Å²) in [5, 5.41) is 12.4. The van der Waals surface area contributed by atoms with E-state index in [2.05, 4.69) is 156 Å². The normalized spacial score (nSPS) is 12.0. The zero-order valence-electron chi connectivity index (χ0n) is 24.4. The van der Waals surface area contributed by atoms with Crippen LogP contribution in [0.25, 0.3) is 92.8 Å². The van der Waals surface area contributed by atoms with E-state index >= 15 is 0 Å². The fourth-order valence-corrected chi connectivity index (χ4v) is 7.73. The number of aromatic nitrogens is 2. The highest BCUT2D eigenvalue weighted by Gasteiger charge is 2.24. The highest BCUT2D eigenvalue weighted by Crippen LogP contribution is 2.49. The van der Waals surface area contributed by atoms with Crippen molar-refractivity contribution < 1.29 is 0 Å². The number of fused-ring (bicyclic) bond motifs is 11. The fourth-order valence-electron chi connectivity index (χ4n) is 7.73. The van der Waals surface area contributed by atoms with E-state index in [1.54, 1.807) is 0 Å². The van der Waals surface area contributed by atoms with Crippen LogP contribution in [-0.4, -0.2) is 9.38 Å². The molecule has 0 fully saturated rings. The quantitative estimate of drug-likeness (QED) is 0.149. The monoisotopic (exact) mass is 570 g/mol. The number of hydrogen-bond acceptors (Lipinski definition) is 1. The number of nitrogens with zero attached hydrogens (tertiary/aromatic N) is 2. The summed E-state index contributed by atoms with van der Waals surface area (Å²) >= 11 is 0. The maximum absolute atomic E-state index is 5.03. The number of para-hydroxylation sites is 1. The van der Waals surface area contributed by atoms with Crippen LogP contribution in [0.15, 0.2) is 158 Å². The van der Waals surface area contributed by atoms with Crippen LogP contribution in [0, 0.1) is 0 Å². The van der Waals surface area contributed by atoms with Gasteiger partial charge in [-0.15, -0.1) is 0 Å². The molecule has 0 amide bonds. The van der Waals surface area contributed by atoms with Gasteiger partial charge >= 0.3 is 0 Å². The van der Waals surface area contributed by atoms with Crippen molar-refractivity contribution in [2.45, 2.75) is 0 Å². The van der Waals surface area contributed by atoms with Crippen LogP contribution >= 0.6 is 0 Å². The van der Waals surface area contributed by atoms with Gasteiger partial charge in [0.15, 0.2) is 0 Å². The largest absolute Gasteiger partial charge is 0.293 e. The summed E-state index contributed by atoms with van der Waals surface area (Å²) in [5.74, 6) is 0. The van der Waals surface area contributed by atoms with Gasteiger partial charge in [0.25, 0.3) is 0 Å². The van der Waals surface area contributed by atoms with E-state index in [9.17, 15) is 0 Å². The van der Waals surface area contributed by atoms with Crippen molar-refractivity contribution in [2.75, 3.05) is 0 Å². The standard InChI is InChI=1S/C43H26N2/c1-2-13-28-26-29(24-23-27(28)12-1)39-32-16-4-6-18-34(32)40(35-19-7-5-17-33(35)39)41-37-21-11-25-44-43(37)45-38-22-10-9-15-31(38)30-14-3-8-20-36(30)42(41)45/h1-26H. The fraction of sp³-hybridized carbons (Fsp3) is 0. The van der Waals surface area contributed by atoms with Gasteiger partial charge in [0.1, 0.15) is 5.65 Å². The first-order valence-corrected chi connectivity index (χ1v) is 15.5. The predicted molar refractivity (Wildman–Crippen MR) is 191 cm³/mol. The molecule has 3 aromatic heterocycles. The van der Waals surface area contributed by atoms with Crippen molar-refractivity contribution in [3.8, 4) is 22.3 Å². The Bertz CT molecular complexity index is 2760. The van der Waals surface area contributed by atoms with Crippen LogP contribution in [-0.2, 0) is 0 Å². The highest BCUT2D eigenvalue weighted by molar-refractivity contribution is 6.29. The van der Waals surface area contributed by atoms with E-state index < -0.39 is 0 Å². The van der Waals surface area contributed by atoms with Gasteiger partial charge in [-0.1, -0.05) is 127 Å². The Morgan fingerprint density at radius 3 is 1.67 bits per heavy atom. The lowest BCUT2D eigenvalue weighted by atomic mass is 9.85. The molecule has 0 bridgehead atoms. The van der Waals surface area contributed by atoms with E-state index in [4.69, 9.17) is 4.98 Å². The van der Waals surface area contributed by atoms with Crippen molar-refractivity contribution in [1.82, 2.24) is 9.38 Å². The van der Waals surface area contributed by atoms with E-state index in [0.717, 1.165) is 11.0 Å². The van der Waals surface area contributed by atoms with Crippen LogP contribution in [0.1, 0.15) is 0 Å². The molecule has 45 heavy (non-hydrogen) atoms. The maximum Gasteiger partial charge on any atom is 0.145 e. The van der Waals surface area contributed by atoms with Gasteiger partial charge in [-0.3, -0.25) is 4.40 Å². The summed E-state index contributed by atoms with van der Waals surface area (Å²) in [6.45, 7) is 0. The summed E-state index contributed by atoms with van der Waals surface area (Å²) < 4.78 is 2.39. The van der Waals surface area contributed by atoms with Gasteiger partial charge < -0.3 is 0 Å². The topological polar surface area (TPSA) is 17.3 Å². The molecule has 10 aromatic rings. The van der Waals surface area contributed by atoms with E-state index in [1.165, 1.54) is 81.8 Å². The zero-order chi connectivity index (χ0) is 29.5. The molecule has 208 valence electrons. The molecular formula is C43H26N2. The minimum absolute atomic E-state index is 0.983. The molecule has 3 heterocycles. The molecule has 2 heteroatoms. The Labute approximate surface area is 259 Å². The van der Waals surface area contributed by atoms with Crippen molar-refractivity contribution in [3.05, 3.63) is 158 Å². The molecule has 0 spiro atoms. The summed E-state index contributed by atoms with van der Waals surface area (Å²) in [4.78, 5) is 5.03. The van der Waals surface area contributed by atoms with Crippen LogP contribution in [0.2, 0.25) is 0 Å². The third-order valence-corrected chi connectivity index (χ3v) is 9.57. The molecule has 0 unspecified atom stereocenters. The Morgan fingerprint density at radius 2 is 0.933 bits per heavy atom. The Hall–Kier alpha value is -5.99. The molecule has 0 radical (unpaired) electrons. The van der Waals surface area contributed by atoms with Gasteiger partial charge in [0.2, 0.25) is 0 Å². The zero-order valence-corrected chi connectivity index (χ0v) is 24.4. The minimum Gasteiger partial charge on any atom is -0.293 e. The molecular weight excluding hydrogens is 544 g/mol. The third-order valence-electron chi connectivity index (χ3n) is 9.57. The average molecular weight is 571 g/mol. The number of rotatable bonds is 2. The van der Waals surface area contributed by atoms with Gasteiger partial charge in [-0.25, -0.2) is 4.98 Å². The molecule has 0 saturated carbocycles. The Balaban J connectivity index is 1.45. The van der Waals surface area contributed by atoms with Gasteiger partial charge in [0, 0.05) is 33.5 Å². The number of pyridine rings is 2. The van der Waals surface area contributed by atoms with E-state index in [-0.39, 0.29) is 0 Å². The first-order valence-electron chi connectivity index (χ1n) is 15.5. The smallest absolute Gasteiger partial charge is 0.145 e. The molecule has 0 aliphatic rings. The molecule has 0 aliphatic heterocycles. The van der Waals surface area contributed by atoms with Crippen molar-refractivity contribution in [1.29, 1.82) is 0 Å². The average Bonchev–Trinajstić information content (AvgIpc) is 3.46. The number of benzene rings is 7. The molecule has 0 aliphatic carbocycles. The summed E-state index contributed by atoms with van der Waals surface area (Å²) in [7, 11) is 0. The van der Waals surface area contributed by atoms with E-state index in [0.29, 0.717) is 0 Å². The summed E-state index contributed by atoms with van der Waals surface area (Å²) in [6, 6.07) is 55.3. The van der Waals surface area contributed by atoms with Crippen LogP contribution in [0.5, 0.6) is 0 Å². The molecule has 7 aromatic carbocycles. The lowest BCUT2D eigenvalue weighted by Crippen LogP contribution is -1.93. The molecule has 0 N–H and O–H groups in total. The predicted octanol–water partition coefficient (Wildman–Crippen LogP) is 11.6. The Kier molecular flexibility index (Phi) is 5.03. The minimum atomic E-state index is 0.983. The Morgan fingerprint density at radius 1 is 0.378 bits per heavy atom. The third kappa shape index (κ3) is 3.37.